The van der Waals surface area contributed by atoms with Crippen molar-refractivity contribution < 1.29 is 40.6 Å². The fourth-order valence-electron chi connectivity index (χ4n) is 4.87. The third-order valence-electron chi connectivity index (χ3n) is 6.89. The van der Waals surface area contributed by atoms with Crippen molar-refractivity contribution in [3.63, 3.8) is 0 Å². The van der Waals surface area contributed by atoms with Crippen molar-refractivity contribution in [3.8, 4) is 5.75 Å². The molecular weight excluding hydrogens is 578 g/mol. The molecule has 1 aliphatic heterocycles. The first kappa shape index (κ1) is 33.8. The lowest BCUT2D eigenvalue weighted by atomic mass is 9.86. The van der Waals surface area contributed by atoms with Crippen LogP contribution in [0.2, 0.25) is 0 Å². The molecule has 0 radical (unpaired) electrons. The summed E-state index contributed by atoms with van der Waals surface area (Å²) in [5.74, 6) is -3.80. The number of carbonyl (C=O) groups is 1. The number of sulfone groups is 1. The second kappa shape index (κ2) is 13.3. The zero-order valence-corrected chi connectivity index (χ0v) is 25.2. The third-order valence-corrected chi connectivity index (χ3v) is 8.69. The summed E-state index contributed by atoms with van der Waals surface area (Å²) in [5.41, 5.74) is 1.49. The molecule has 0 bridgehead atoms. The average Bonchev–Trinajstić information content (AvgIpc) is 2.84. The Morgan fingerprint density at radius 2 is 1.79 bits per heavy atom. The zero-order chi connectivity index (χ0) is 31.5. The number of amides is 1. The highest BCUT2D eigenvalue weighted by Gasteiger charge is 2.39. The minimum atomic E-state index is -4.73. The van der Waals surface area contributed by atoms with E-state index in [-0.39, 0.29) is 35.4 Å². The molecule has 3 rings (SSSR count). The third kappa shape index (κ3) is 9.92. The van der Waals surface area contributed by atoms with Crippen molar-refractivity contribution in [2.75, 3.05) is 44.1 Å². The topological polar surface area (TPSA) is 108 Å². The summed E-state index contributed by atoms with van der Waals surface area (Å²) in [6, 6.07) is 9.14. The molecule has 1 heterocycles. The van der Waals surface area contributed by atoms with Crippen molar-refractivity contribution in [1.82, 2.24) is 10.2 Å². The lowest BCUT2D eigenvalue weighted by Gasteiger charge is -2.35. The Labute approximate surface area is 244 Å². The Morgan fingerprint density at radius 1 is 1.10 bits per heavy atom. The summed E-state index contributed by atoms with van der Waals surface area (Å²) in [4.78, 5) is 13.7. The van der Waals surface area contributed by atoms with Gasteiger partial charge in [0.25, 0.3) is 0 Å². The number of ether oxygens (including phenoxy) is 1. The molecule has 0 spiro atoms. The first-order valence-corrected chi connectivity index (χ1v) is 15.3. The molecule has 0 aromatic heterocycles. The number of halogens is 4. The number of rotatable bonds is 10. The van der Waals surface area contributed by atoms with E-state index in [9.17, 15) is 31.5 Å². The second-order valence-electron chi connectivity index (χ2n) is 12.1. The number of likely N-dealkylation sites (N-methyl/N-ethyl adjacent to an activating group) is 1. The van der Waals surface area contributed by atoms with Crippen LogP contribution < -0.4 is 15.4 Å². The number of alkyl halides is 3. The van der Waals surface area contributed by atoms with Crippen LogP contribution in [-0.2, 0) is 33.0 Å². The van der Waals surface area contributed by atoms with Crippen LogP contribution in [0.5, 0.6) is 5.75 Å². The van der Waals surface area contributed by atoms with Gasteiger partial charge >= 0.3 is 6.18 Å². The number of aliphatic hydroxyl groups is 1. The first-order valence-electron chi connectivity index (χ1n) is 13.5. The second-order valence-corrected chi connectivity index (χ2v) is 14.3. The van der Waals surface area contributed by atoms with Gasteiger partial charge in [-0.1, -0.05) is 45.0 Å². The van der Waals surface area contributed by atoms with E-state index in [0.717, 1.165) is 23.3 Å². The Bertz CT molecular complexity index is 1360. The number of hydrogen-bond acceptors (Lipinski definition) is 7. The first-order chi connectivity index (χ1) is 19.3. The van der Waals surface area contributed by atoms with Gasteiger partial charge < -0.3 is 25.4 Å². The van der Waals surface area contributed by atoms with E-state index in [0.29, 0.717) is 6.54 Å². The summed E-state index contributed by atoms with van der Waals surface area (Å²) >= 11 is 0. The van der Waals surface area contributed by atoms with Gasteiger partial charge in [-0.05, 0) is 54.8 Å². The van der Waals surface area contributed by atoms with Crippen molar-refractivity contribution in [3.05, 3.63) is 58.9 Å². The molecule has 3 atom stereocenters. The number of hydrogen-bond donors (Lipinski definition) is 3. The van der Waals surface area contributed by atoms with E-state index < -0.39 is 63.8 Å². The number of aliphatic hydroxyl groups excluding tert-OH is 1. The molecule has 2 aromatic carbocycles. The van der Waals surface area contributed by atoms with Crippen LogP contribution in [-0.4, -0.2) is 81.4 Å². The normalized spacial score (nSPS) is 20.9. The van der Waals surface area contributed by atoms with Crippen LogP contribution in [0.25, 0.3) is 0 Å². The molecule has 0 saturated carbocycles. The molecule has 3 N–H and O–H groups in total. The lowest BCUT2D eigenvalue weighted by molar-refractivity contribution is -0.153. The maximum Gasteiger partial charge on any atom is 0.422 e. The molecule has 1 fully saturated rings. The largest absolute Gasteiger partial charge is 0.482 e. The predicted octanol–water partition coefficient (Wildman–Crippen LogP) is 3.67. The Kier molecular flexibility index (Phi) is 10.7. The van der Waals surface area contributed by atoms with Crippen molar-refractivity contribution in [2.45, 2.75) is 57.5 Å². The van der Waals surface area contributed by atoms with Crippen molar-refractivity contribution in [1.29, 1.82) is 0 Å². The van der Waals surface area contributed by atoms with Crippen molar-refractivity contribution >= 4 is 21.4 Å². The van der Waals surface area contributed by atoms with E-state index >= 15 is 4.39 Å². The lowest BCUT2D eigenvalue weighted by Crippen LogP contribution is -2.54. The van der Waals surface area contributed by atoms with Crippen LogP contribution in [0.1, 0.15) is 37.5 Å². The Morgan fingerprint density at radius 3 is 2.40 bits per heavy atom. The molecule has 1 aliphatic rings. The summed E-state index contributed by atoms with van der Waals surface area (Å²) in [6.07, 6.45) is -6.01. The van der Waals surface area contributed by atoms with E-state index in [4.69, 9.17) is 4.74 Å². The van der Waals surface area contributed by atoms with Gasteiger partial charge in [-0.3, -0.25) is 4.79 Å². The van der Waals surface area contributed by atoms with Crippen LogP contribution in [0.3, 0.4) is 0 Å². The van der Waals surface area contributed by atoms with E-state index in [1.54, 1.807) is 14.1 Å². The molecule has 1 amide bonds. The van der Waals surface area contributed by atoms with E-state index in [1.807, 2.05) is 24.3 Å². The highest BCUT2D eigenvalue weighted by atomic mass is 32.2. The molecule has 13 heteroatoms. The summed E-state index contributed by atoms with van der Waals surface area (Å²) in [5, 5.41) is 16.5. The highest BCUT2D eigenvalue weighted by molar-refractivity contribution is 7.91. The number of nitrogens with zero attached hydrogens (tertiary/aromatic N) is 1. The standard InChI is InChI=1S/C29H39F4N3O5S/c1-28(2,3)21-8-6-7-18(10-21)13-34-23-16-42(39,40)15-20(27(23)38)9-19-11-22(30)26(35-25(37)14-36(4)5)24(12-19)41-17-29(31,32)33/h6-8,10-12,20,23,27,34,38H,9,13-17H2,1-5H3,(H,35,37)/t20-,23+,27+/m1/s1. The molecular formula is C29H39F4N3O5S. The van der Waals surface area contributed by atoms with Crippen LogP contribution in [0.4, 0.5) is 23.2 Å². The highest BCUT2D eigenvalue weighted by Crippen LogP contribution is 2.33. The van der Waals surface area contributed by atoms with E-state index in [1.165, 1.54) is 4.90 Å². The maximum absolute atomic E-state index is 15.2. The van der Waals surface area contributed by atoms with Crippen LogP contribution in [0, 0.1) is 11.7 Å². The SMILES string of the molecule is CN(C)CC(=O)Nc1c(F)cc(C[C@@H]2CS(=O)(=O)C[C@H](NCc3cccc(C(C)(C)C)c3)[C@H]2O)cc1OCC(F)(F)F. The minimum absolute atomic E-state index is 0.0859. The molecule has 234 valence electrons. The number of benzene rings is 2. The maximum atomic E-state index is 15.2. The van der Waals surface area contributed by atoms with Gasteiger partial charge in [-0.25, -0.2) is 12.8 Å². The minimum Gasteiger partial charge on any atom is -0.482 e. The van der Waals surface area contributed by atoms with Gasteiger partial charge in [0.15, 0.2) is 22.3 Å². The van der Waals surface area contributed by atoms with Gasteiger partial charge in [-0.15, -0.1) is 0 Å². The number of nitrogens with one attached hydrogen (secondary N) is 2. The Hall–Kier alpha value is -2.74. The van der Waals surface area contributed by atoms with Crippen molar-refractivity contribution in [2.24, 2.45) is 5.92 Å². The summed E-state index contributed by atoms with van der Waals surface area (Å²) < 4.78 is 84.3. The van der Waals surface area contributed by atoms with Gasteiger partial charge in [0.1, 0.15) is 11.4 Å². The van der Waals surface area contributed by atoms with E-state index in [2.05, 4.69) is 31.4 Å². The molecule has 8 nitrogen and oxygen atoms in total. The Balaban J connectivity index is 1.82. The van der Waals surface area contributed by atoms with Gasteiger partial charge in [0.05, 0.1) is 24.2 Å². The fourth-order valence-corrected chi connectivity index (χ4v) is 6.83. The quantitative estimate of drug-likeness (QED) is 0.350. The molecule has 2 aromatic rings. The molecule has 0 aliphatic carbocycles. The number of anilines is 1. The fraction of sp³-hybridized carbons (Fsp3) is 0.552. The average molecular weight is 618 g/mol. The van der Waals surface area contributed by atoms with Crippen LogP contribution >= 0.6 is 0 Å². The molecule has 1 saturated heterocycles. The number of carbonyl (C=O) groups excluding carboxylic acids is 1. The molecule has 42 heavy (non-hydrogen) atoms. The van der Waals surface area contributed by atoms with Gasteiger partial charge in [-0.2, -0.15) is 13.2 Å². The smallest absolute Gasteiger partial charge is 0.422 e. The summed E-state index contributed by atoms with van der Waals surface area (Å²) in [6.45, 7) is 4.66. The van der Waals surface area contributed by atoms with Gasteiger partial charge in [0, 0.05) is 18.5 Å². The van der Waals surface area contributed by atoms with Gasteiger partial charge in [0.2, 0.25) is 5.91 Å². The zero-order valence-electron chi connectivity index (χ0n) is 24.4. The predicted molar refractivity (Wildman–Crippen MR) is 153 cm³/mol. The summed E-state index contributed by atoms with van der Waals surface area (Å²) in [7, 11) is -0.429. The molecule has 0 unspecified atom stereocenters. The van der Waals surface area contributed by atoms with Crippen LogP contribution in [0.15, 0.2) is 36.4 Å². The monoisotopic (exact) mass is 617 g/mol.